The standard InChI is InChI=1S/C16H10F2N2O2/c17-11-2-3-12(14(18)8-11)10-1-4-15(21)13(7-10)16(22)20-6-5-19-9-20/h1-9,21H. The van der Waals surface area contributed by atoms with E-state index in [0.29, 0.717) is 5.56 Å². The third-order valence-corrected chi connectivity index (χ3v) is 3.21. The second-order valence-corrected chi connectivity index (χ2v) is 4.63. The molecule has 0 aliphatic heterocycles. The van der Waals surface area contributed by atoms with Crippen LogP contribution in [-0.4, -0.2) is 20.6 Å². The molecule has 0 radical (unpaired) electrons. The second kappa shape index (κ2) is 5.40. The molecule has 3 aromatic rings. The highest BCUT2D eigenvalue weighted by atomic mass is 19.1. The van der Waals surface area contributed by atoms with E-state index in [2.05, 4.69) is 4.98 Å². The summed E-state index contributed by atoms with van der Waals surface area (Å²) in [6, 6.07) is 7.28. The van der Waals surface area contributed by atoms with Gasteiger partial charge in [0.15, 0.2) is 0 Å². The van der Waals surface area contributed by atoms with Crippen LogP contribution >= 0.6 is 0 Å². The number of hydrogen-bond acceptors (Lipinski definition) is 3. The number of aromatic nitrogens is 2. The van der Waals surface area contributed by atoms with E-state index < -0.39 is 17.5 Å². The Morgan fingerprint density at radius 1 is 1.14 bits per heavy atom. The highest BCUT2D eigenvalue weighted by molar-refractivity contribution is 5.99. The molecule has 0 bridgehead atoms. The van der Waals surface area contributed by atoms with E-state index in [-0.39, 0.29) is 16.9 Å². The molecule has 1 heterocycles. The van der Waals surface area contributed by atoms with Gasteiger partial charge in [0, 0.05) is 24.0 Å². The first-order chi connectivity index (χ1) is 10.6. The van der Waals surface area contributed by atoms with E-state index in [1.807, 2.05) is 0 Å². The zero-order valence-electron chi connectivity index (χ0n) is 11.2. The minimum Gasteiger partial charge on any atom is -0.507 e. The number of aromatic hydroxyl groups is 1. The molecule has 6 heteroatoms. The molecule has 4 nitrogen and oxygen atoms in total. The van der Waals surface area contributed by atoms with Crippen LogP contribution in [0.5, 0.6) is 5.75 Å². The maximum Gasteiger partial charge on any atom is 0.266 e. The summed E-state index contributed by atoms with van der Waals surface area (Å²) in [5, 5.41) is 9.86. The van der Waals surface area contributed by atoms with E-state index in [4.69, 9.17) is 0 Å². The molecule has 1 N–H and O–H groups in total. The normalized spacial score (nSPS) is 10.6. The van der Waals surface area contributed by atoms with Crippen LogP contribution in [0, 0.1) is 11.6 Å². The van der Waals surface area contributed by atoms with E-state index in [1.54, 1.807) is 0 Å². The summed E-state index contributed by atoms with van der Waals surface area (Å²) in [6.07, 6.45) is 4.16. The van der Waals surface area contributed by atoms with Crippen molar-refractivity contribution in [3.05, 3.63) is 72.3 Å². The number of phenols is 1. The average molecular weight is 300 g/mol. The molecule has 110 valence electrons. The fraction of sp³-hybridized carbons (Fsp3) is 0. The maximum absolute atomic E-state index is 13.8. The minimum atomic E-state index is -0.744. The molecule has 0 amide bonds. The highest BCUT2D eigenvalue weighted by Crippen LogP contribution is 2.28. The van der Waals surface area contributed by atoms with Gasteiger partial charge < -0.3 is 5.11 Å². The fourth-order valence-electron chi connectivity index (χ4n) is 2.12. The van der Waals surface area contributed by atoms with Gasteiger partial charge in [-0.05, 0) is 29.8 Å². The summed E-state index contributed by atoms with van der Waals surface area (Å²) in [4.78, 5) is 16.0. The number of benzene rings is 2. The number of hydrogen-bond donors (Lipinski definition) is 1. The average Bonchev–Trinajstić information content (AvgIpc) is 3.02. The number of carbonyl (C=O) groups is 1. The van der Waals surface area contributed by atoms with Crippen molar-refractivity contribution in [2.24, 2.45) is 0 Å². The summed E-state index contributed by atoms with van der Waals surface area (Å²) >= 11 is 0. The first-order valence-electron chi connectivity index (χ1n) is 6.37. The topological polar surface area (TPSA) is 55.1 Å². The number of carbonyl (C=O) groups excluding carboxylic acids is 1. The number of halogens is 2. The molecule has 0 unspecified atom stereocenters. The fourth-order valence-corrected chi connectivity index (χ4v) is 2.12. The van der Waals surface area contributed by atoms with E-state index >= 15 is 0 Å². The molecular formula is C16H10F2N2O2. The first-order valence-corrected chi connectivity index (χ1v) is 6.37. The van der Waals surface area contributed by atoms with Crippen LogP contribution in [0.4, 0.5) is 8.78 Å². The number of nitrogens with zero attached hydrogens (tertiary/aromatic N) is 2. The summed E-state index contributed by atoms with van der Waals surface area (Å²) in [5.74, 6) is -2.16. The van der Waals surface area contributed by atoms with Crippen molar-refractivity contribution in [2.45, 2.75) is 0 Å². The van der Waals surface area contributed by atoms with Gasteiger partial charge in [-0.3, -0.25) is 9.36 Å². The lowest BCUT2D eigenvalue weighted by Gasteiger charge is -2.08. The Hall–Kier alpha value is -3.02. The third-order valence-electron chi connectivity index (χ3n) is 3.21. The molecule has 1 aromatic heterocycles. The van der Waals surface area contributed by atoms with E-state index in [0.717, 1.165) is 12.1 Å². The molecule has 0 saturated heterocycles. The van der Waals surface area contributed by atoms with Crippen molar-refractivity contribution in [2.75, 3.05) is 0 Å². The molecule has 0 aliphatic rings. The van der Waals surface area contributed by atoms with Crippen molar-refractivity contribution < 1.29 is 18.7 Å². The first kappa shape index (κ1) is 13.9. The van der Waals surface area contributed by atoms with Gasteiger partial charge in [-0.25, -0.2) is 13.8 Å². The van der Waals surface area contributed by atoms with Crippen LogP contribution in [0.2, 0.25) is 0 Å². The molecule has 0 aliphatic carbocycles. The van der Waals surface area contributed by atoms with Gasteiger partial charge >= 0.3 is 0 Å². The number of rotatable bonds is 2. The second-order valence-electron chi connectivity index (χ2n) is 4.63. The summed E-state index contributed by atoms with van der Waals surface area (Å²) in [5.41, 5.74) is 0.499. The van der Waals surface area contributed by atoms with Crippen LogP contribution in [0.3, 0.4) is 0 Å². The highest BCUT2D eigenvalue weighted by Gasteiger charge is 2.15. The molecule has 0 spiro atoms. The lowest BCUT2D eigenvalue weighted by molar-refractivity contribution is 0.0957. The smallest absolute Gasteiger partial charge is 0.266 e. The quantitative estimate of drug-likeness (QED) is 0.790. The Kier molecular flexibility index (Phi) is 3.42. The van der Waals surface area contributed by atoms with Crippen molar-refractivity contribution in [3.63, 3.8) is 0 Å². The monoisotopic (exact) mass is 300 g/mol. The molecular weight excluding hydrogens is 290 g/mol. The van der Waals surface area contributed by atoms with Gasteiger partial charge in [-0.15, -0.1) is 0 Å². The Morgan fingerprint density at radius 2 is 1.95 bits per heavy atom. The van der Waals surface area contributed by atoms with E-state index in [9.17, 15) is 18.7 Å². The molecule has 22 heavy (non-hydrogen) atoms. The zero-order valence-corrected chi connectivity index (χ0v) is 11.2. The molecule has 0 fully saturated rings. The Morgan fingerprint density at radius 3 is 2.64 bits per heavy atom. The van der Waals surface area contributed by atoms with Crippen LogP contribution in [-0.2, 0) is 0 Å². The van der Waals surface area contributed by atoms with Crippen LogP contribution < -0.4 is 0 Å². The third kappa shape index (κ3) is 2.46. The predicted molar refractivity (Wildman–Crippen MR) is 75.4 cm³/mol. The van der Waals surface area contributed by atoms with Crippen molar-refractivity contribution in [1.29, 1.82) is 0 Å². The Labute approximate surface area is 124 Å². The van der Waals surface area contributed by atoms with Gasteiger partial charge in [0.2, 0.25) is 0 Å². The van der Waals surface area contributed by atoms with Gasteiger partial charge in [-0.2, -0.15) is 0 Å². The number of imidazole rings is 1. The van der Waals surface area contributed by atoms with Gasteiger partial charge in [-0.1, -0.05) is 6.07 Å². The van der Waals surface area contributed by atoms with Crippen LogP contribution in [0.25, 0.3) is 11.1 Å². The van der Waals surface area contributed by atoms with Gasteiger partial charge in [0.1, 0.15) is 23.7 Å². The lowest BCUT2D eigenvalue weighted by Crippen LogP contribution is -2.10. The maximum atomic E-state index is 13.8. The van der Waals surface area contributed by atoms with E-state index in [1.165, 1.54) is 47.6 Å². The van der Waals surface area contributed by atoms with Crippen molar-refractivity contribution in [3.8, 4) is 16.9 Å². The SMILES string of the molecule is O=C(c1cc(-c2ccc(F)cc2F)ccc1O)n1ccnc1. The number of phenolic OH excluding ortho intramolecular Hbond substituents is 1. The largest absolute Gasteiger partial charge is 0.507 e. The van der Waals surface area contributed by atoms with Gasteiger partial charge in [0.05, 0.1) is 5.56 Å². The molecule has 0 atom stereocenters. The summed E-state index contributed by atoms with van der Waals surface area (Å²) < 4.78 is 28.0. The molecule has 2 aromatic carbocycles. The molecule has 3 rings (SSSR count). The predicted octanol–water partition coefficient (Wildman–Crippen LogP) is 3.22. The summed E-state index contributed by atoms with van der Waals surface area (Å²) in [7, 11) is 0. The Bertz CT molecular complexity index is 845. The van der Waals surface area contributed by atoms with Gasteiger partial charge in [0.25, 0.3) is 5.91 Å². The lowest BCUT2D eigenvalue weighted by atomic mass is 10.0. The Balaban J connectivity index is 2.08. The van der Waals surface area contributed by atoms with Crippen LogP contribution in [0.1, 0.15) is 10.4 Å². The molecule has 0 saturated carbocycles. The van der Waals surface area contributed by atoms with Crippen molar-refractivity contribution >= 4 is 5.91 Å². The van der Waals surface area contributed by atoms with Crippen LogP contribution in [0.15, 0.2) is 55.1 Å². The summed E-state index contributed by atoms with van der Waals surface area (Å²) in [6.45, 7) is 0. The van der Waals surface area contributed by atoms with Crippen molar-refractivity contribution in [1.82, 2.24) is 9.55 Å². The zero-order chi connectivity index (χ0) is 15.7. The minimum absolute atomic E-state index is 0.000718.